The van der Waals surface area contributed by atoms with Crippen LogP contribution in [-0.2, 0) is 10.0 Å². The van der Waals surface area contributed by atoms with E-state index in [4.69, 9.17) is 28.5 Å². The Morgan fingerprint density at radius 1 is 1.25 bits per heavy atom. The molecule has 1 heterocycles. The zero-order valence-electron chi connectivity index (χ0n) is 15.0. The minimum atomic E-state index is -3.87. The van der Waals surface area contributed by atoms with Crippen molar-refractivity contribution >= 4 is 49.9 Å². The normalized spacial score (nSPS) is 12.3. The quantitative estimate of drug-likeness (QED) is 0.218. The van der Waals surface area contributed by atoms with Gasteiger partial charge in [-0.1, -0.05) is 18.5 Å². The zero-order chi connectivity index (χ0) is 20.5. The van der Waals surface area contributed by atoms with Gasteiger partial charge >= 0.3 is 0 Å². The minimum absolute atomic E-state index is 0.108. The van der Waals surface area contributed by atoms with E-state index in [9.17, 15) is 8.42 Å². The molecule has 0 aliphatic heterocycles. The summed E-state index contributed by atoms with van der Waals surface area (Å²) in [4.78, 5) is 0.108. The predicted molar refractivity (Wildman–Crippen MR) is 112 cm³/mol. The van der Waals surface area contributed by atoms with Gasteiger partial charge in [0.05, 0.1) is 16.1 Å². The molecule has 0 unspecified atom stereocenters. The Hall–Kier alpha value is -3.04. The number of benzene rings is 2. The van der Waals surface area contributed by atoms with Gasteiger partial charge in [0.2, 0.25) is 5.96 Å². The second-order valence-corrected chi connectivity index (χ2v) is 8.26. The first-order chi connectivity index (χ1) is 13.2. The molecule has 0 amide bonds. The molecule has 0 atom stereocenters. The highest BCUT2D eigenvalue weighted by Crippen LogP contribution is 2.29. The average molecular weight is 419 g/mol. The van der Waals surface area contributed by atoms with Gasteiger partial charge < -0.3 is 11.5 Å². The predicted octanol–water partition coefficient (Wildman–Crippen LogP) is 2.71. The van der Waals surface area contributed by atoms with Gasteiger partial charge in [-0.15, -0.1) is 0 Å². The fourth-order valence-corrected chi connectivity index (χ4v) is 4.35. The van der Waals surface area contributed by atoms with Crippen LogP contribution in [0.3, 0.4) is 0 Å². The molecule has 2 aromatic carbocycles. The highest BCUT2D eigenvalue weighted by atomic mass is 35.5. The number of aromatic nitrogens is 1. The molecule has 0 radical (unpaired) electrons. The zero-order valence-corrected chi connectivity index (χ0v) is 16.6. The van der Waals surface area contributed by atoms with Crippen LogP contribution in [0.15, 0.2) is 58.7 Å². The molecule has 0 aliphatic rings. The molecule has 0 saturated heterocycles. The summed E-state index contributed by atoms with van der Waals surface area (Å²) in [6.45, 7) is 1.86. The van der Waals surface area contributed by atoms with Gasteiger partial charge in [-0.3, -0.25) is 5.41 Å². The Kier molecular flexibility index (Phi) is 5.30. The highest BCUT2D eigenvalue weighted by molar-refractivity contribution is 7.90. The summed E-state index contributed by atoms with van der Waals surface area (Å²) in [6.07, 6.45) is 1.98. The molecule has 0 spiro atoms. The molecule has 28 heavy (non-hydrogen) atoms. The molecule has 0 saturated carbocycles. The van der Waals surface area contributed by atoms with E-state index < -0.39 is 10.0 Å². The number of guanidine groups is 1. The summed E-state index contributed by atoms with van der Waals surface area (Å²) in [5.74, 6) is -0.317. The second-order valence-electron chi connectivity index (χ2n) is 6.01. The monoisotopic (exact) mass is 418 g/mol. The number of nitrogen functional groups attached to an aromatic ring is 1. The van der Waals surface area contributed by atoms with Crippen LogP contribution in [0, 0.1) is 5.41 Å². The Morgan fingerprint density at radius 3 is 2.54 bits per heavy atom. The van der Waals surface area contributed by atoms with Crippen molar-refractivity contribution in [3.63, 3.8) is 0 Å². The van der Waals surface area contributed by atoms with E-state index in [1.165, 1.54) is 34.4 Å². The number of nitrogens with zero attached hydrogens (tertiary/aromatic N) is 2. The molecule has 1 aromatic heterocycles. The summed E-state index contributed by atoms with van der Waals surface area (Å²) >= 11 is 6.14. The molecule has 3 rings (SSSR count). The standard InChI is InChI=1S/C18H19ClN6O2S/c1-2-16(23-24-18(21)22)15-10-25(17-8-3-11(19)9-14(15)17)28(26,27)13-6-4-12(20)5-7-13/h3-10H,2,20H2,1H3,(H4,21,22,24)/b23-16-. The van der Waals surface area contributed by atoms with Crippen molar-refractivity contribution < 1.29 is 8.42 Å². The SMILES string of the molecule is CC/C(=N/NC(=N)N)c1cn(S(=O)(=O)c2ccc(N)cc2)c2ccc(Cl)cc12. The van der Waals surface area contributed by atoms with Crippen LogP contribution in [0.2, 0.25) is 5.02 Å². The fraction of sp³-hybridized carbons (Fsp3) is 0.111. The van der Waals surface area contributed by atoms with Crippen molar-refractivity contribution in [3.05, 3.63) is 59.2 Å². The molecule has 6 N–H and O–H groups in total. The van der Waals surface area contributed by atoms with Crippen LogP contribution in [-0.4, -0.2) is 24.1 Å². The largest absolute Gasteiger partial charge is 0.399 e. The van der Waals surface area contributed by atoms with Gasteiger partial charge in [0.25, 0.3) is 10.0 Å². The van der Waals surface area contributed by atoms with Gasteiger partial charge in [-0.05, 0) is 48.9 Å². The van der Waals surface area contributed by atoms with E-state index in [0.29, 0.717) is 39.3 Å². The highest BCUT2D eigenvalue weighted by Gasteiger charge is 2.23. The molecule has 10 heteroatoms. The lowest BCUT2D eigenvalue weighted by molar-refractivity contribution is 0.589. The smallest absolute Gasteiger partial charge is 0.268 e. The third-order valence-electron chi connectivity index (χ3n) is 4.13. The van der Waals surface area contributed by atoms with Crippen molar-refractivity contribution in [2.45, 2.75) is 18.2 Å². The Morgan fingerprint density at radius 2 is 1.93 bits per heavy atom. The van der Waals surface area contributed by atoms with Crippen LogP contribution >= 0.6 is 11.6 Å². The third kappa shape index (κ3) is 3.67. The van der Waals surface area contributed by atoms with Crippen LogP contribution in [0.1, 0.15) is 18.9 Å². The molecule has 0 bridgehead atoms. The Bertz CT molecular complexity index is 1180. The van der Waals surface area contributed by atoms with Gasteiger partial charge in [0, 0.05) is 27.9 Å². The first-order valence-corrected chi connectivity index (χ1v) is 10.1. The number of fused-ring (bicyclic) bond motifs is 1. The lowest BCUT2D eigenvalue weighted by Gasteiger charge is -2.08. The van der Waals surface area contributed by atoms with E-state index in [1.807, 2.05) is 6.92 Å². The van der Waals surface area contributed by atoms with Crippen molar-refractivity contribution in [2.75, 3.05) is 5.73 Å². The van der Waals surface area contributed by atoms with Crippen LogP contribution < -0.4 is 16.9 Å². The van der Waals surface area contributed by atoms with Crippen LogP contribution in [0.4, 0.5) is 5.69 Å². The van der Waals surface area contributed by atoms with E-state index in [-0.39, 0.29) is 10.9 Å². The number of hydrogen-bond acceptors (Lipinski definition) is 5. The van der Waals surface area contributed by atoms with E-state index >= 15 is 0 Å². The summed E-state index contributed by atoms with van der Waals surface area (Å²) < 4.78 is 27.6. The molecular formula is C18H19ClN6O2S. The summed E-state index contributed by atoms with van der Waals surface area (Å²) in [5.41, 5.74) is 15.4. The number of anilines is 1. The summed E-state index contributed by atoms with van der Waals surface area (Å²) in [5, 5.41) is 12.5. The third-order valence-corrected chi connectivity index (χ3v) is 6.05. The van der Waals surface area contributed by atoms with E-state index in [0.717, 1.165) is 0 Å². The molecule has 146 valence electrons. The molecule has 0 fully saturated rings. The number of halogens is 1. The Labute approximate surface area is 167 Å². The topological polar surface area (TPSA) is 139 Å². The minimum Gasteiger partial charge on any atom is -0.399 e. The number of hydrogen-bond donors (Lipinski definition) is 4. The maximum Gasteiger partial charge on any atom is 0.268 e. The maximum atomic E-state index is 13.2. The lowest BCUT2D eigenvalue weighted by Crippen LogP contribution is -2.26. The number of nitrogens with two attached hydrogens (primary N) is 2. The first-order valence-electron chi connectivity index (χ1n) is 8.32. The average Bonchev–Trinajstić information content (AvgIpc) is 3.02. The van der Waals surface area contributed by atoms with Gasteiger partial charge in [-0.2, -0.15) is 5.10 Å². The van der Waals surface area contributed by atoms with Crippen LogP contribution in [0.5, 0.6) is 0 Å². The van der Waals surface area contributed by atoms with Crippen LogP contribution in [0.25, 0.3) is 10.9 Å². The number of hydrazone groups is 1. The molecule has 3 aromatic rings. The van der Waals surface area contributed by atoms with Crippen molar-refractivity contribution in [2.24, 2.45) is 10.8 Å². The molecule has 0 aliphatic carbocycles. The van der Waals surface area contributed by atoms with Gasteiger partial charge in [-0.25, -0.2) is 17.8 Å². The number of rotatable bonds is 5. The summed E-state index contributed by atoms with van der Waals surface area (Å²) in [7, 11) is -3.87. The number of nitrogens with one attached hydrogen (secondary N) is 2. The summed E-state index contributed by atoms with van der Waals surface area (Å²) in [6, 6.07) is 10.9. The molecular weight excluding hydrogens is 400 g/mol. The van der Waals surface area contributed by atoms with Gasteiger partial charge in [0.15, 0.2) is 0 Å². The van der Waals surface area contributed by atoms with Crippen molar-refractivity contribution in [1.29, 1.82) is 5.41 Å². The Balaban J connectivity index is 2.26. The van der Waals surface area contributed by atoms with Crippen molar-refractivity contribution in [1.82, 2.24) is 9.40 Å². The van der Waals surface area contributed by atoms with E-state index in [2.05, 4.69) is 10.5 Å². The first kappa shape index (κ1) is 19.7. The van der Waals surface area contributed by atoms with E-state index in [1.54, 1.807) is 18.2 Å². The lowest BCUT2D eigenvalue weighted by atomic mass is 10.1. The van der Waals surface area contributed by atoms with Crippen molar-refractivity contribution in [3.8, 4) is 0 Å². The van der Waals surface area contributed by atoms with Gasteiger partial charge in [0.1, 0.15) is 0 Å². The molecule has 8 nitrogen and oxygen atoms in total. The fourth-order valence-electron chi connectivity index (χ4n) is 2.81. The maximum absolute atomic E-state index is 13.2. The second kappa shape index (κ2) is 7.53.